The summed E-state index contributed by atoms with van der Waals surface area (Å²) in [6.07, 6.45) is -2.95. The van der Waals surface area contributed by atoms with Crippen LogP contribution in [0.4, 0.5) is 18.9 Å². The molecule has 1 aromatic heterocycles. The molecule has 1 amide bonds. The highest BCUT2D eigenvalue weighted by Gasteiger charge is 2.31. The van der Waals surface area contributed by atoms with Crippen LogP contribution in [0.25, 0.3) is 10.9 Å². The van der Waals surface area contributed by atoms with E-state index in [1.807, 2.05) is 4.90 Å². The second-order valence-electron chi connectivity index (χ2n) is 7.68. The van der Waals surface area contributed by atoms with Gasteiger partial charge in [-0.3, -0.25) is 19.8 Å². The van der Waals surface area contributed by atoms with Crippen molar-refractivity contribution in [2.24, 2.45) is 0 Å². The first kappa shape index (κ1) is 22.7. The molecule has 0 saturated carbocycles. The van der Waals surface area contributed by atoms with Crippen LogP contribution in [0.15, 0.2) is 48.7 Å². The van der Waals surface area contributed by atoms with E-state index < -0.39 is 22.6 Å². The topological polar surface area (TPSA) is 100 Å². The Morgan fingerprint density at radius 3 is 2.52 bits per heavy atom. The molecule has 1 saturated heterocycles. The summed E-state index contributed by atoms with van der Waals surface area (Å²) in [5, 5.41) is 14.3. The lowest BCUT2D eigenvalue weighted by Crippen LogP contribution is -2.43. The molecule has 4 rings (SSSR count). The van der Waals surface area contributed by atoms with Gasteiger partial charge in [-0.25, -0.2) is 0 Å². The Morgan fingerprint density at radius 2 is 1.88 bits per heavy atom. The van der Waals surface area contributed by atoms with Gasteiger partial charge in [0.2, 0.25) is 0 Å². The summed E-state index contributed by atoms with van der Waals surface area (Å²) in [5.74, 6) is -0.438. The van der Waals surface area contributed by atoms with Gasteiger partial charge in [0.25, 0.3) is 11.6 Å². The van der Waals surface area contributed by atoms with Gasteiger partial charge in [0.1, 0.15) is 0 Å². The number of amides is 1. The minimum atomic E-state index is -4.43. The molecule has 2 heterocycles. The van der Waals surface area contributed by atoms with Crippen LogP contribution in [0.1, 0.15) is 27.5 Å². The van der Waals surface area contributed by atoms with Crippen molar-refractivity contribution in [3.05, 3.63) is 75.5 Å². The van der Waals surface area contributed by atoms with Crippen molar-refractivity contribution in [2.75, 3.05) is 32.8 Å². The molecule has 174 valence electrons. The third-order valence-electron chi connectivity index (χ3n) is 5.69. The fraction of sp³-hybridized carbons (Fsp3) is 0.318. The summed E-state index contributed by atoms with van der Waals surface area (Å²) in [6.45, 7) is 2.25. The number of carbonyl (C=O) groups excluding carboxylic acids is 1. The van der Waals surface area contributed by atoms with Gasteiger partial charge in [-0.2, -0.15) is 13.2 Å². The van der Waals surface area contributed by atoms with Crippen molar-refractivity contribution in [2.45, 2.75) is 12.2 Å². The molecule has 8 nitrogen and oxygen atoms in total. The highest BCUT2D eigenvalue weighted by molar-refractivity contribution is 6.07. The number of halogens is 3. The zero-order valence-corrected chi connectivity index (χ0v) is 17.4. The Morgan fingerprint density at radius 1 is 1.18 bits per heavy atom. The van der Waals surface area contributed by atoms with Crippen molar-refractivity contribution < 1.29 is 27.6 Å². The maximum Gasteiger partial charge on any atom is 0.416 e. The third-order valence-corrected chi connectivity index (χ3v) is 5.69. The van der Waals surface area contributed by atoms with E-state index in [4.69, 9.17) is 4.74 Å². The summed E-state index contributed by atoms with van der Waals surface area (Å²) < 4.78 is 44.3. The number of nitro groups is 1. The second-order valence-corrected chi connectivity index (χ2v) is 7.68. The van der Waals surface area contributed by atoms with Gasteiger partial charge in [0.05, 0.1) is 35.3 Å². The minimum Gasteiger partial charge on any atom is -0.379 e. The monoisotopic (exact) mass is 462 g/mol. The van der Waals surface area contributed by atoms with Gasteiger partial charge in [-0.15, -0.1) is 0 Å². The number of fused-ring (bicyclic) bond motifs is 1. The number of hydrogen-bond donors (Lipinski definition) is 2. The number of nitro benzene ring substituents is 1. The normalized spacial score (nSPS) is 16.0. The Labute approximate surface area is 186 Å². The predicted molar refractivity (Wildman–Crippen MR) is 114 cm³/mol. The number of hydrogen-bond acceptors (Lipinski definition) is 5. The number of rotatable bonds is 6. The molecule has 0 spiro atoms. The van der Waals surface area contributed by atoms with Crippen molar-refractivity contribution in [1.29, 1.82) is 0 Å². The maximum absolute atomic E-state index is 13.0. The first-order valence-corrected chi connectivity index (χ1v) is 10.3. The molecule has 0 radical (unpaired) electrons. The molecule has 1 fully saturated rings. The number of nitrogens with one attached hydrogen (secondary N) is 2. The van der Waals surface area contributed by atoms with E-state index in [-0.39, 0.29) is 23.8 Å². The Kier molecular flexibility index (Phi) is 6.34. The van der Waals surface area contributed by atoms with Gasteiger partial charge in [-0.05, 0) is 23.8 Å². The Bertz CT molecular complexity index is 1150. The lowest BCUT2D eigenvalue weighted by Gasteiger charge is -2.35. The van der Waals surface area contributed by atoms with E-state index in [1.165, 1.54) is 36.5 Å². The first-order valence-electron chi connectivity index (χ1n) is 10.3. The molecule has 1 aliphatic heterocycles. The Hall–Kier alpha value is -3.44. The number of benzene rings is 2. The van der Waals surface area contributed by atoms with E-state index in [1.54, 1.807) is 0 Å². The third kappa shape index (κ3) is 4.99. The van der Waals surface area contributed by atoms with Gasteiger partial charge >= 0.3 is 6.18 Å². The Balaban J connectivity index is 1.55. The zero-order valence-electron chi connectivity index (χ0n) is 17.4. The predicted octanol–water partition coefficient (Wildman–Crippen LogP) is 3.90. The van der Waals surface area contributed by atoms with Crippen molar-refractivity contribution >= 4 is 22.5 Å². The number of non-ortho nitro benzene ring substituents is 1. The minimum absolute atomic E-state index is 0.132. The van der Waals surface area contributed by atoms with Gasteiger partial charge in [0.15, 0.2) is 0 Å². The van der Waals surface area contributed by atoms with E-state index in [2.05, 4.69) is 10.3 Å². The van der Waals surface area contributed by atoms with Gasteiger partial charge in [-0.1, -0.05) is 12.1 Å². The van der Waals surface area contributed by atoms with Crippen LogP contribution in [0.2, 0.25) is 0 Å². The lowest BCUT2D eigenvalue weighted by atomic mass is 10.0. The standard InChI is InChI=1S/C22H21F3N4O4/c23-22(24,25)15-3-1-14(2-4-15)20(28-7-9-33-10-8-28)13-27-21(30)18-12-26-19-6-5-16(29(31)32)11-17(18)19/h1-6,11-12,20,26H,7-10,13H2,(H,27,30). The van der Waals surface area contributed by atoms with E-state index in [0.717, 1.165) is 12.1 Å². The van der Waals surface area contributed by atoms with Crippen LogP contribution in [0.5, 0.6) is 0 Å². The van der Waals surface area contributed by atoms with Crippen molar-refractivity contribution in [1.82, 2.24) is 15.2 Å². The largest absolute Gasteiger partial charge is 0.416 e. The van der Waals surface area contributed by atoms with Crippen LogP contribution in [0.3, 0.4) is 0 Å². The molecule has 1 unspecified atom stereocenters. The highest BCUT2D eigenvalue weighted by Crippen LogP contribution is 2.31. The van der Waals surface area contributed by atoms with Crippen LogP contribution in [0, 0.1) is 10.1 Å². The molecule has 1 aliphatic rings. The maximum atomic E-state index is 13.0. The number of aromatic amines is 1. The highest BCUT2D eigenvalue weighted by atomic mass is 19.4. The van der Waals surface area contributed by atoms with Crippen LogP contribution < -0.4 is 5.32 Å². The summed E-state index contributed by atoms with van der Waals surface area (Å²) in [6, 6.07) is 8.75. The number of morpholine rings is 1. The molecule has 1 atom stereocenters. The van der Waals surface area contributed by atoms with Crippen LogP contribution in [-0.2, 0) is 10.9 Å². The number of nitrogens with zero attached hydrogens (tertiary/aromatic N) is 2. The smallest absolute Gasteiger partial charge is 0.379 e. The zero-order chi connectivity index (χ0) is 23.6. The number of carbonyl (C=O) groups is 1. The summed E-state index contributed by atoms with van der Waals surface area (Å²) in [7, 11) is 0. The SMILES string of the molecule is O=C(NCC(c1ccc(C(F)(F)F)cc1)N1CCOCC1)c1c[nH]c2ccc([N+](=O)[O-])cc12. The first-order chi connectivity index (χ1) is 15.7. The molecule has 2 N–H and O–H groups in total. The summed E-state index contributed by atoms with van der Waals surface area (Å²) in [4.78, 5) is 28.4. The average molecular weight is 462 g/mol. The summed E-state index contributed by atoms with van der Waals surface area (Å²) >= 11 is 0. The van der Waals surface area contributed by atoms with Crippen LogP contribution >= 0.6 is 0 Å². The number of ether oxygens (including phenoxy) is 1. The fourth-order valence-corrected chi connectivity index (χ4v) is 3.94. The fourth-order valence-electron chi connectivity index (χ4n) is 3.94. The molecule has 33 heavy (non-hydrogen) atoms. The molecule has 2 aromatic carbocycles. The molecule has 11 heteroatoms. The molecule has 0 aliphatic carbocycles. The number of alkyl halides is 3. The van der Waals surface area contributed by atoms with E-state index >= 15 is 0 Å². The van der Waals surface area contributed by atoms with Crippen molar-refractivity contribution in [3.8, 4) is 0 Å². The number of aromatic nitrogens is 1. The number of H-pyrrole nitrogens is 1. The average Bonchev–Trinajstić information content (AvgIpc) is 3.23. The quantitative estimate of drug-likeness (QED) is 0.428. The lowest BCUT2D eigenvalue weighted by molar-refractivity contribution is -0.384. The van der Waals surface area contributed by atoms with Gasteiger partial charge < -0.3 is 15.0 Å². The van der Waals surface area contributed by atoms with E-state index in [0.29, 0.717) is 42.8 Å². The second kappa shape index (κ2) is 9.20. The molecular weight excluding hydrogens is 441 g/mol. The van der Waals surface area contributed by atoms with E-state index in [9.17, 15) is 28.1 Å². The molecule has 0 bridgehead atoms. The molecule has 3 aromatic rings. The van der Waals surface area contributed by atoms with Crippen molar-refractivity contribution in [3.63, 3.8) is 0 Å². The summed E-state index contributed by atoms with van der Waals surface area (Å²) in [5.41, 5.74) is 0.600. The van der Waals surface area contributed by atoms with Crippen LogP contribution in [-0.4, -0.2) is 53.6 Å². The van der Waals surface area contributed by atoms with Gasteiger partial charge in [0, 0.05) is 48.9 Å². The molecular formula is C22H21F3N4O4.